The van der Waals surface area contributed by atoms with E-state index in [1.165, 1.54) is 0 Å². The molecule has 2 aromatic carbocycles. The maximum atomic E-state index is 10.6. The van der Waals surface area contributed by atoms with Gasteiger partial charge in [0.1, 0.15) is 24.1 Å². The maximum absolute atomic E-state index is 10.6. The van der Waals surface area contributed by atoms with E-state index < -0.39 is 0 Å². The molecule has 0 unspecified atom stereocenters. The highest BCUT2D eigenvalue weighted by Crippen LogP contribution is 2.26. The van der Waals surface area contributed by atoms with E-state index in [0.29, 0.717) is 24.3 Å². The minimum Gasteiger partial charge on any atom is -0.494 e. The lowest BCUT2D eigenvalue weighted by molar-refractivity contribution is 0.111. The summed E-state index contributed by atoms with van der Waals surface area (Å²) in [5.74, 6) is 1.54. The summed E-state index contributed by atoms with van der Waals surface area (Å²) in [6.45, 7) is 5.60. The molecule has 0 atom stereocenters. The van der Waals surface area contributed by atoms with Crippen molar-refractivity contribution in [3.8, 4) is 11.5 Å². The van der Waals surface area contributed by atoms with Gasteiger partial charge < -0.3 is 9.47 Å². The van der Waals surface area contributed by atoms with Crippen molar-refractivity contribution < 1.29 is 19.1 Å². The Morgan fingerprint density at radius 2 is 1.08 bits per heavy atom. The molecule has 4 nitrogen and oxygen atoms in total. The molecule has 0 heterocycles. The van der Waals surface area contributed by atoms with Crippen molar-refractivity contribution in [3.63, 3.8) is 0 Å². The Hall–Kier alpha value is -2.62. The fourth-order valence-electron chi connectivity index (χ4n) is 2.30. The fourth-order valence-corrected chi connectivity index (χ4v) is 2.30. The molecule has 0 saturated carbocycles. The van der Waals surface area contributed by atoms with Gasteiger partial charge in [0.05, 0.1) is 13.2 Å². The summed E-state index contributed by atoms with van der Waals surface area (Å²) in [6.07, 6.45) is 3.44. The first kappa shape index (κ1) is 18.7. The SMILES string of the molecule is CC(C)(CCOc1ccc(C=O)cc1)CCOc1ccc(C=O)cc1. The highest BCUT2D eigenvalue weighted by atomic mass is 16.5. The van der Waals surface area contributed by atoms with Crippen LogP contribution in [0.3, 0.4) is 0 Å². The lowest BCUT2D eigenvalue weighted by Crippen LogP contribution is -2.19. The molecule has 0 aliphatic rings. The average molecular weight is 340 g/mol. The Kier molecular flexibility index (Phi) is 6.75. The van der Waals surface area contributed by atoms with Gasteiger partial charge >= 0.3 is 0 Å². The summed E-state index contributed by atoms with van der Waals surface area (Å²) in [6, 6.07) is 14.2. The predicted octanol–water partition coefficient (Wildman–Crippen LogP) is 4.58. The Balaban J connectivity index is 1.70. The third-order valence-corrected chi connectivity index (χ3v) is 4.13. The number of ether oxygens (including phenoxy) is 2. The minimum atomic E-state index is 0.0888. The second-order valence-corrected chi connectivity index (χ2v) is 6.73. The quantitative estimate of drug-likeness (QED) is 0.594. The lowest BCUT2D eigenvalue weighted by atomic mass is 9.86. The molecule has 0 aliphatic heterocycles. The van der Waals surface area contributed by atoms with Crippen molar-refractivity contribution in [2.24, 2.45) is 5.41 Å². The summed E-state index contributed by atoms with van der Waals surface area (Å²) in [5, 5.41) is 0. The van der Waals surface area contributed by atoms with Crippen molar-refractivity contribution in [3.05, 3.63) is 59.7 Å². The van der Waals surface area contributed by atoms with E-state index in [1.807, 2.05) is 24.3 Å². The maximum Gasteiger partial charge on any atom is 0.150 e. The molecular weight excluding hydrogens is 316 g/mol. The van der Waals surface area contributed by atoms with Gasteiger partial charge in [0.2, 0.25) is 0 Å². The largest absolute Gasteiger partial charge is 0.494 e. The zero-order valence-corrected chi connectivity index (χ0v) is 14.7. The highest BCUT2D eigenvalue weighted by molar-refractivity contribution is 5.75. The Labute approximate surface area is 148 Å². The standard InChI is InChI=1S/C21H24O4/c1-21(2,11-13-24-19-7-3-17(15-22)4-8-19)12-14-25-20-9-5-18(16-23)6-10-20/h3-10,15-16H,11-14H2,1-2H3. The Morgan fingerprint density at radius 3 is 1.40 bits per heavy atom. The molecule has 25 heavy (non-hydrogen) atoms. The summed E-state index contributed by atoms with van der Waals surface area (Å²) in [4.78, 5) is 21.3. The first-order valence-corrected chi connectivity index (χ1v) is 8.38. The van der Waals surface area contributed by atoms with E-state index >= 15 is 0 Å². The number of hydrogen-bond donors (Lipinski definition) is 0. The van der Waals surface area contributed by atoms with Crippen molar-refractivity contribution in [2.45, 2.75) is 26.7 Å². The zero-order valence-electron chi connectivity index (χ0n) is 14.7. The molecule has 132 valence electrons. The second kappa shape index (κ2) is 9.02. The number of carbonyl (C=O) groups is 2. The van der Waals surface area contributed by atoms with Crippen LogP contribution in [0.15, 0.2) is 48.5 Å². The molecule has 0 radical (unpaired) electrons. The van der Waals surface area contributed by atoms with Crippen LogP contribution >= 0.6 is 0 Å². The van der Waals surface area contributed by atoms with Crippen molar-refractivity contribution in [1.82, 2.24) is 0 Å². The minimum absolute atomic E-state index is 0.0888. The van der Waals surface area contributed by atoms with Gasteiger partial charge in [-0.05, 0) is 66.8 Å². The van der Waals surface area contributed by atoms with E-state index in [0.717, 1.165) is 36.9 Å². The van der Waals surface area contributed by atoms with E-state index in [4.69, 9.17) is 9.47 Å². The lowest BCUT2D eigenvalue weighted by Gasteiger charge is -2.24. The second-order valence-electron chi connectivity index (χ2n) is 6.73. The molecule has 4 heteroatoms. The molecule has 0 aromatic heterocycles. The highest BCUT2D eigenvalue weighted by Gasteiger charge is 2.18. The number of carbonyl (C=O) groups excluding carboxylic acids is 2. The zero-order chi connectivity index (χ0) is 18.1. The van der Waals surface area contributed by atoms with Gasteiger partial charge in [-0.25, -0.2) is 0 Å². The molecule has 0 bridgehead atoms. The van der Waals surface area contributed by atoms with Crippen LogP contribution in [0.4, 0.5) is 0 Å². The molecule has 0 fully saturated rings. The molecule has 0 aliphatic carbocycles. The van der Waals surface area contributed by atoms with Gasteiger partial charge in [-0.3, -0.25) is 9.59 Å². The van der Waals surface area contributed by atoms with Crippen LogP contribution in [0.2, 0.25) is 0 Å². The summed E-state index contributed by atoms with van der Waals surface area (Å²) in [7, 11) is 0. The van der Waals surface area contributed by atoms with E-state index in [2.05, 4.69) is 13.8 Å². The molecule has 0 amide bonds. The normalized spacial score (nSPS) is 11.0. The van der Waals surface area contributed by atoms with Crippen molar-refractivity contribution in [2.75, 3.05) is 13.2 Å². The summed E-state index contributed by atoms with van der Waals surface area (Å²) in [5.41, 5.74) is 1.38. The molecule has 2 rings (SSSR count). The Bertz CT molecular complexity index is 613. The summed E-state index contributed by atoms with van der Waals surface area (Å²) < 4.78 is 11.5. The van der Waals surface area contributed by atoms with Crippen LogP contribution in [0.5, 0.6) is 11.5 Å². The summed E-state index contributed by atoms with van der Waals surface area (Å²) >= 11 is 0. The van der Waals surface area contributed by atoms with Crippen LogP contribution in [-0.4, -0.2) is 25.8 Å². The van der Waals surface area contributed by atoms with Gasteiger partial charge in [-0.2, -0.15) is 0 Å². The average Bonchev–Trinajstić information content (AvgIpc) is 2.62. The van der Waals surface area contributed by atoms with Crippen molar-refractivity contribution in [1.29, 1.82) is 0 Å². The molecule has 0 N–H and O–H groups in total. The van der Waals surface area contributed by atoms with E-state index in [9.17, 15) is 9.59 Å². The smallest absolute Gasteiger partial charge is 0.150 e. The predicted molar refractivity (Wildman–Crippen MR) is 97.7 cm³/mol. The monoisotopic (exact) mass is 340 g/mol. The molecular formula is C21H24O4. The number of rotatable bonds is 10. The van der Waals surface area contributed by atoms with Crippen LogP contribution in [0, 0.1) is 5.41 Å². The van der Waals surface area contributed by atoms with Gasteiger partial charge in [-0.1, -0.05) is 13.8 Å². The van der Waals surface area contributed by atoms with Crippen LogP contribution in [0.25, 0.3) is 0 Å². The fraction of sp³-hybridized carbons (Fsp3) is 0.333. The van der Waals surface area contributed by atoms with E-state index in [1.54, 1.807) is 24.3 Å². The van der Waals surface area contributed by atoms with Gasteiger partial charge in [0.15, 0.2) is 0 Å². The van der Waals surface area contributed by atoms with Crippen LogP contribution in [-0.2, 0) is 0 Å². The molecule has 0 spiro atoms. The number of benzene rings is 2. The van der Waals surface area contributed by atoms with Crippen molar-refractivity contribution >= 4 is 12.6 Å². The van der Waals surface area contributed by atoms with E-state index in [-0.39, 0.29) is 5.41 Å². The first-order chi connectivity index (χ1) is 12.0. The number of aldehydes is 2. The molecule has 2 aromatic rings. The van der Waals surface area contributed by atoms with Crippen LogP contribution < -0.4 is 9.47 Å². The Morgan fingerprint density at radius 1 is 0.720 bits per heavy atom. The topological polar surface area (TPSA) is 52.6 Å². The third-order valence-electron chi connectivity index (χ3n) is 4.13. The number of hydrogen-bond acceptors (Lipinski definition) is 4. The van der Waals surface area contributed by atoms with Gasteiger partial charge in [0.25, 0.3) is 0 Å². The third kappa shape index (κ3) is 6.42. The molecule has 0 saturated heterocycles. The first-order valence-electron chi connectivity index (χ1n) is 8.38. The van der Waals surface area contributed by atoms with Gasteiger partial charge in [0, 0.05) is 11.1 Å². The van der Waals surface area contributed by atoms with Crippen LogP contribution in [0.1, 0.15) is 47.4 Å². The van der Waals surface area contributed by atoms with Gasteiger partial charge in [-0.15, -0.1) is 0 Å².